The number of anilines is 1. The molecule has 8 heteroatoms. The standard InChI is InChI=1S/C15H10Br2INO4/c1-23-12-3-2-7(15(21)22)4-11(12)19-14(20)9-5-8(16)6-10(17)13(9)18/h2-6H,1H3,(H,19,20)(H,21,22). The Balaban J connectivity index is 2.40. The number of carboxylic acid groups (broad SMARTS) is 1. The summed E-state index contributed by atoms with van der Waals surface area (Å²) in [7, 11) is 1.45. The summed E-state index contributed by atoms with van der Waals surface area (Å²) in [6.07, 6.45) is 0. The van der Waals surface area contributed by atoms with Crippen LogP contribution in [-0.4, -0.2) is 24.1 Å². The van der Waals surface area contributed by atoms with Gasteiger partial charge in [-0.05, 0) is 68.9 Å². The van der Waals surface area contributed by atoms with Crippen LogP contribution >= 0.6 is 54.5 Å². The highest BCUT2D eigenvalue weighted by Crippen LogP contribution is 2.30. The number of ether oxygens (including phenoxy) is 1. The summed E-state index contributed by atoms with van der Waals surface area (Å²) < 4.78 is 7.45. The lowest BCUT2D eigenvalue weighted by atomic mass is 10.1. The van der Waals surface area contributed by atoms with Gasteiger partial charge in [0.1, 0.15) is 5.75 Å². The molecule has 2 N–H and O–H groups in total. The molecule has 120 valence electrons. The lowest BCUT2D eigenvalue weighted by Gasteiger charge is -2.12. The van der Waals surface area contributed by atoms with Crippen molar-refractivity contribution in [2.45, 2.75) is 0 Å². The van der Waals surface area contributed by atoms with Gasteiger partial charge in [-0.25, -0.2) is 4.79 Å². The molecule has 0 aromatic heterocycles. The van der Waals surface area contributed by atoms with Gasteiger partial charge in [0.15, 0.2) is 0 Å². The van der Waals surface area contributed by atoms with E-state index in [1.165, 1.54) is 25.3 Å². The molecule has 0 radical (unpaired) electrons. The molecule has 0 unspecified atom stereocenters. The molecule has 0 fully saturated rings. The molecule has 0 heterocycles. The Morgan fingerprint density at radius 1 is 1.22 bits per heavy atom. The van der Waals surface area contributed by atoms with Crippen molar-refractivity contribution >= 4 is 72.0 Å². The Bertz CT molecular complexity index is 795. The number of aromatic carboxylic acids is 1. The zero-order valence-electron chi connectivity index (χ0n) is 11.7. The van der Waals surface area contributed by atoms with E-state index >= 15 is 0 Å². The van der Waals surface area contributed by atoms with E-state index in [4.69, 9.17) is 9.84 Å². The van der Waals surface area contributed by atoms with Crippen molar-refractivity contribution in [2.24, 2.45) is 0 Å². The number of amides is 1. The van der Waals surface area contributed by atoms with E-state index in [0.29, 0.717) is 17.0 Å². The Hall–Kier alpha value is -1.13. The van der Waals surface area contributed by atoms with Crippen LogP contribution in [0.3, 0.4) is 0 Å². The largest absolute Gasteiger partial charge is 0.495 e. The molecule has 0 saturated heterocycles. The maximum atomic E-state index is 12.5. The number of carbonyl (C=O) groups excluding carboxylic acids is 1. The smallest absolute Gasteiger partial charge is 0.335 e. The minimum absolute atomic E-state index is 0.0613. The molecule has 0 atom stereocenters. The first-order valence-electron chi connectivity index (χ1n) is 6.20. The minimum atomic E-state index is -1.08. The van der Waals surface area contributed by atoms with Crippen LogP contribution in [0.15, 0.2) is 39.3 Å². The van der Waals surface area contributed by atoms with E-state index in [9.17, 15) is 9.59 Å². The van der Waals surface area contributed by atoms with Gasteiger partial charge in [-0.15, -0.1) is 0 Å². The molecule has 0 spiro atoms. The van der Waals surface area contributed by atoms with Crippen molar-refractivity contribution in [1.82, 2.24) is 0 Å². The first-order valence-corrected chi connectivity index (χ1v) is 8.87. The van der Waals surface area contributed by atoms with Gasteiger partial charge in [-0.1, -0.05) is 15.9 Å². The molecule has 2 aromatic rings. The number of carbonyl (C=O) groups is 2. The highest BCUT2D eigenvalue weighted by Gasteiger charge is 2.17. The van der Waals surface area contributed by atoms with Gasteiger partial charge in [0, 0.05) is 12.5 Å². The summed E-state index contributed by atoms with van der Waals surface area (Å²) in [4.78, 5) is 23.6. The van der Waals surface area contributed by atoms with Crippen molar-refractivity contribution < 1.29 is 19.4 Å². The van der Waals surface area contributed by atoms with Crippen LogP contribution in [0.2, 0.25) is 0 Å². The van der Waals surface area contributed by atoms with E-state index in [0.717, 1.165) is 12.5 Å². The van der Waals surface area contributed by atoms with Gasteiger partial charge in [0.2, 0.25) is 0 Å². The molecule has 0 aliphatic carbocycles. The van der Waals surface area contributed by atoms with E-state index in [2.05, 4.69) is 59.8 Å². The lowest BCUT2D eigenvalue weighted by Crippen LogP contribution is -2.15. The van der Waals surface area contributed by atoms with Gasteiger partial charge in [0.25, 0.3) is 5.91 Å². The maximum absolute atomic E-state index is 12.5. The number of rotatable bonds is 4. The first kappa shape index (κ1) is 18.2. The van der Waals surface area contributed by atoms with Crippen LogP contribution in [0.4, 0.5) is 5.69 Å². The zero-order valence-corrected chi connectivity index (χ0v) is 17.0. The van der Waals surface area contributed by atoms with E-state index in [-0.39, 0.29) is 11.5 Å². The summed E-state index contributed by atoms with van der Waals surface area (Å²) in [5.41, 5.74) is 0.810. The van der Waals surface area contributed by atoms with Crippen LogP contribution in [0.1, 0.15) is 20.7 Å². The predicted molar refractivity (Wildman–Crippen MR) is 102 cm³/mol. The SMILES string of the molecule is COc1ccc(C(=O)O)cc1NC(=O)c1cc(Br)cc(Br)c1I. The third kappa shape index (κ3) is 4.24. The topological polar surface area (TPSA) is 75.6 Å². The Morgan fingerprint density at radius 2 is 1.91 bits per heavy atom. The van der Waals surface area contributed by atoms with Gasteiger partial charge in [-0.3, -0.25) is 4.79 Å². The third-order valence-corrected chi connectivity index (χ3v) is 5.92. The summed E-state index contributed by atoms with van der Waals surface area (Å²) in [5.74, 6) is -1.06. The van der Waals surface area contributed by atoms with Gasteiger partial charge in [-0.2, -0.15) is 0 Å². The molecule has 0 aliphatic heterocycles. The first-order chi connectivity index (χ1) is 10.8. The monoisotopic (exact) mass is 553 g/mol. The number of carboxylic acids is 1. The fourth-order valence-electron chi connectivity index (χ4n) is 1.85. The molecule has 1 amide bonds. The summed E-state index contributed by atoms with van der Waals surface area (Å²) in [6.45, 7) is 0. The second-order valence-electron chi connectivity index (χ2n) is 4.42. The van der Waals surface area contributed by atoms with Crippen molar-refractivity contribution in [3.63, 3.8) is 0 Å². The van der Waals surface area contributed by atoms with E-state index in [1.807, 2.05) is 6.07 Å². The average Bonchev–Trinajstić information content (AvgIpc) is 2.50. The molecule has 5 nitrogen and oxygen atoms in total. The number of benzene rings is 2. The molecule has 0 saturated carbocycles. The van der Waals surface area contributed by atoms with Crippen LogP contribution in [-0.2, 0) is 0 Å². The highest BCUT2D eigenvalue weighted by atomic mass is 127. The molecular weight excluding hydrogens is 545 g/mol. The quantitative estimate of drug-likeness (QED) is 0.422. The summed E-state index contributed by atoms with van der Waals surface area (Å²) >= 11 is 8.79. The second-order valence-corrected chi connectivity index (χ2v) is 7.27. The Kier molecular flexibility index (Phi) is 6.04. The third-order valence-electron chi connectivity index (χ3n) is 2.93. The predicted octanol–water partition coefficient (Wildman–Crippen LogP) is 4.78. The maximum Gasteiger partial charge on any atom is 0.335 e. The number of nitrogens with one attached hydrogen (secondary N) is 1. The summed E-state index contributed by atoms with van der Waals surface area (Å²) in [5, 5.41) is 11.8. The van der Waals surface area contributed by atoms with Crippen LogP contribution in [0.5, 0.6) is 5.75 Å². The number of hydrogen-bond acceptors (Lipinski definition) is 3. The van der Waals surface area contributed by atoms with Gasteiger partial charge < -0.3 is 15.2 Å². The van der Waals surface area contributed by atoms with Crippen LogP contribution in [0, 0.1) is 3.57 Å². The fraction of sp³-hybridized carbons (Fsp3) is 0.0667. The van der Waals surface area contributed by atoms with Crippen molar-refractivity contribution in [1.29, 1.82) is 0 Å². The normalized spacial score (nSPS) is 10.3. The van der Waals surface area contributed by atoms with Crippen LogP contribution < -0.4 is 10.1 Å². The lowest BCUT2D eigenvalue weighted by molar-refractivity contribution is 0.0696. The second kappa shape index (κ2) is 7.63. The Labute approximate surface area is 162 Å². The molecule has 2 rings (SSSR count). The van der Waals surface area contributed by atoms with Gasteiger partial charge >= 0.3 is 5.97 Å². The molecule has 2 aromatic carbocycles. The van der Waals surface area contributed by atoms with Crippen molar-refractivity contribution in [2.75, 3.05) is 12.4 Å². The van der Waals surface area contributed by atoms with Crippen LogP contribution in [0.25, 0.3) is 0 Å². The van der Waals surface area contributed by atoms with E-state index in [1.54, 1.807) is 6.07 Å². The highest BCUT2D eigenvalue weighted by molar-refractivity contribution is 14.1. The number of methoxy groups -OCH3 is 1. The fourth-order valence-corrected chi connectivity index (χ4v) is 3.63. The molecule has 23 heavy (non-hydrogen) atoms. The molecular formula is C15H10Br2INO4. The average molecular weight is 555 g/mol. The van der Waals surface area contributed by atoms with Crippen molar-refractivity contribution in [3.05, 3.63) is 54.0 Å². The minimum Gasteiger partial charge on any atom is -0.495 e. The van der Waals surface area contributed by atoms with Crippen molar-refractivity contribution in [3.8, 4) is 5.75 Å². The molecule has 0 bridgehead atoms. The Morgan fingerprint density at radius 3 is 2.52 bits per heavy atom. The number of hydrogen-bond donors (Lipinski definition) is 2. The number of halogens is 3. The summed E-state index contributed by atoms with van der Waals surface area (Å²) in [6, 6.07) is 7.80. The zero-order chi connectivity index (χ0) is 17.1. The van der Waals surface area contributed by atoms with Gasteiger partial charge in [0.05, 0.1) is 23.9 Å². The molecule has 0 aliphatic rings. The van der Waals surface area contributed by atoms with E-state index < -0.39 is 5.97 Å².